The van der Waals surface area contributed by atoms with Crippen LogP contribution in [0.25, 0.3) is 0 Å². The van der Waals surface area contributed by atoms with Crippen LogP contribution in [0.5, 0.6) is 0 Å². The maximum atomic E-state index is 13.1. The molecule has 0 bridgehead atoms. The smallest absolute Gasteiger partial charge is 0.126 e. The minimum atomic E-state index is -0.673. The van der Waals surface area contributed by atoms with Gasteiger partial charge in [0.05, 0.1) is 5.60 Å². The number of aryl methyl sites for hydroxylation is 1. The predicted molar refractivity (Wildman–Crippen MR) is 68.6 cm³/mol. The highest BCUT2D eigenvalue weighted by Crippen LogP contribution is 2.10. The third-order valence-corrected chi connectivity index (χ3v) is 2.66. The fraction of sp³-hybridized carbons (Fsp3) is 0.571. The number of rotatable bonds is 5. The molecule has 1 rings (SSSR count). The van der Waals surface area contributed by atoms with Gasteiger partial charge in [0.25, 0.3) is 0 Å². The molecular weight excluding hydrogens is 217 g/mol. The molecule has 0 atom stereocenters. The van der Waals surface area contributed by atoms with Crippen molar-refractivity contribution in [2.75, 3.05) is 20.1 Å². The van der Waals surface area contributed by atoms with E-state index < -0.39 is 5.60 Å². The highest BCUT2D eigenvalue weighted by atomic mass is 19.1. The summed E-state index contributed by atoms with van der Waals surface area (Å²) in [5.41, 5.74) is 1.15. The van der Waals surface area contributed by atoms with Crippen molar-refractivity contribution in [1.82, 2.24) is 4.90 Å². The van der Waals surface area contributed by atoms with Crippen molar-refractivity contribution in [2.24, 2.45) is 0 Å². The number of hydrogen-bond acceptors (Lipinski definition) is 2. The molecule has 2 nitrogen and oxygen atoms in total. The third kappa shape index (κ3) is 5.29. The van der Waals surface area contributed by atoms with Gasteiger partial charge in [0, 0.05) is 13.1 Å². The molecule has 0 unspecified atom stereocenters. The van der Waals surface area contributed by atoms with Crippen molar-refractivity contribution in [1.29, 1.82) is 0 Å². The number of halogens is 1. The summed E-state index contributed by atoms with van der Waals surface area (Å²) in [6, 6.07) is 5.22. The van der Waals surface area contributed by atoms with Gasteiger partial charge in [-0.2, -0.15) is 0 Å². The van der Waals surface area contributed by atoms with E-state index in [4.69, 9.17) is 0 Å². The minimum absolute atomic E-state index is 0.154. The Kier molecular flexibility index (Phi) is 4.66. The monoisotopic (exact) mass is 239 g/mol. The molecule has 0 heterocycles. The first-order valence-electron chi connectivity index (χ1n) is 5.94. The Morgan fingerprint density at radius 3 is 2.53 bits per heavy atom. The van der Waals surface area contributed by atoms with Crippen molar-refractivity contribution in [2.45, 2.75) is 32.8 Å². The molecule has 1 N–H and O–H groups in total. The molecule has 0 aliphatic carbocycles. The molecule has 0 fully saturated rings. The highest BCUT2D eigenvalue weighted by molar-refractivity contribution is 5.24. The zero-order valence-electron chi connectivity index (χ0n) is 11.1. The molecule has 17 heavy (non-hydrogen) atoms. The zero-order chi connectivity index (χ0) is 13.1. The van der Waals surface area contributed by atoms with E-state index in [9.17, 15) is 9.50 Å². The summed E-state index contributed by atoms with van der Waals surface area (Å²) in [5, 5.41) is 9.67. The molecule has 1 aromatic carbocycles. The van der Waals surface area contributed by atoms with Crippen LogP contribution < -0.4 is 0 Å². The summed E-state index contributed by atoms with van der Waals surface area (Å²) in [4.78, 5) is 2.08. The number of benzene rings is 1. The van der Waals surface area contributed by atoms with Crippen LogP contribution in [0.3, 0.4) is 0 Å². The molecule has 96 valence electrons. The quantitative estimate of drug-likeness (QED) is 0.852. The second-order valence-corrected chi connectivity index (χ2v) is 5.38. The fourth-order valence-electron chi connectivity index (χ4n) is 1.92. The van der Waals surface area contributed by atoms with Gasteiger partial charge < -0.3 is 10.0 Å². The Hall–Kier alpha value is -0.930. The Balaban J connectivity index is 2.47. The summed E-state index contributed by atoms with van der Waals surface area (Å²) >= 11 is 0. The van der Waals surface area contributed by atoms with Crippen LogP contribution in [0.4, 0.5) is 4.39 Å². The second kappa shape index (κ2) is 5.61. The van der Waals surface area contributed by atoms with Crippen LogP contribution in [-0.4, -0.2) is 35.7 Å². The van der Waals surface area contributed by atoms with Gasteiger partial charge in [-0.1, -0.05) is 12.1 Å². The highest BCUT2D eigenvalue weighted by Gasteiger charge is 2.15. The summed E-state index contributed by atoms with van der Waals surface area (Å²) in [6.07, 6.45) is 0.869. The van der Waals surface area contributed by atoms with Crippen molar-refractivity contribution >= 4 is 0 Å². The standard InChI is InChI=1S/C14H22FNO/c1-11-9-12(5-6-13(11)15)7-8-16(4)10-14(2,3)17/h5-6,9,17H,7-8,10H2,1-4H3. The molecule has 0 aliphatic heterocycles. The van der Waals surface area contributed by atoms with E-state index in [1.54, 1.807) is 20.8 Å². The SMILES string of the molecule is Cc1cc(CCN(C)CC(C)(C)O)ccc1F. The summed E-state index contributed by atoms with van der Waals surface area (Å²) in [7, 11) is 1.98. The van der Waals surface area contributed by atoms with Crippen LogP contribution in [-0.2, 0) is 6.42 Å². The van der Waals surface area contributed by atoms with Gasteiger partial charge in [-0.3, -0.25) is 0 Å². The van der Waals surface area contributed by atoms with E-state index in [0.717, 1.165) is 18.5 Å². The summed E-state index contributed by atoms with van der Waals surface area (Å²) in [5.74, 6) is -0.154. The number of hydrogen-bond donors (Lipinski definition) is 1. The Morgan fingerprint density at radius 2 is 2.00 bits per heavy atom. The lowest BCUT2D eigenvalue weighted by Crippen LogP contribution is -2.37. The van der Waals surface area contributed by atoms with Gasteiger partial charge in [-0.05, 0) is 51.4 Å². The number of nitrogens with zero attached hydrogens (tertiary/aromatic N) is 1. The van der Waals surface area contributed by atoms with E-state index in [-0.39, 0.29) is 5.82 Å². The first-order chi connectivity index (χ1) is 7.78. The van der Waals surface area contributed by atoms with Crippen LogP contribution in [0.2, 0.25) is 0 Å². The summed E-state index contributed by atoms with van der Waals surface area (Å²) < 4.78 is 13.1. The van der Waals surface area contributed by atoms with Crippen LogP contribution in [0.1, 0.15) is 25.0 Å². The molecule has 0 radical (unpaired) electrons. The van der Waals surface area contributed by atoms with E-state index >= 15 is 0 Å². The second-order valence-electron chi connectivity index (χ2n) is 5.38. The average molecular weight is 239 g/mol. The van der Waals surface area contributed by atoms with Gasteiger partial charge in [-0.15, -0.1) is 0 Å². The van der Waals surface area contributed by atoms with Gasteiger partial charge >= 0.3 is 0 Å². The van der Waals surface area contributed by atoms with E-state index in [1.807, 2.05) is 19.2 Å². The first-order valence-corrected chi connectivity index (χ1v) is 5.94. The zero-order valence-corrected chi connectivity index (χ0v) is 11.1. The lowest BCUT2D eigenvalue weighted by molar-refractivity contribution is 0.0450. The molecule has 1 aromatic rings. The molecule has 0 aliphatic rings. The van der Waals surface area contributed by atoms with Crippen molar-refractivity contribution in [3.05, 3.63) is 35.1 Å². The van der Waals surface area contributed by atoms with E-state index in [0.29, 0.717) is 12.1 Å². The van der Waals surface area contributed by atoms with Crippen molar-refractivity contribution < 1.29 is 9.50 Å². The van der Waals surface area contributed by atoms with Gasteiger partial charge in [0.15, 0.2) is 0 Å². The maximum absolute atomic E-state index is 13.1. The van der Waals surface area contributed by atoms with E-state index in [1.165, 1.54) is 6.07 Å². The molecular formula is C14H22FNO. The van der Waals surface area contributed by atoms with Crippen molar-refractivity contribution in [3.63, 3.8) is 0 Å². The lowest BCUT2D eigenvalue weighted by atomic mass is 10.1. The molecule has 0 saturated heterocycles. The molecule has 0 amide bonds. The molecule has 3 heteroatoms. The predicted octanol–water partition coefficient (Wildman–Crippen LogP) is 2.38. The van der Waals surface area contributed by atoms with Crippen LogP contribution in [0.15, 0.2) is 18.2 Å². The molecule has 0 spiro atoms. The Bertz CT molecular complexity index is 371. The normalized spacial score (nSPS) is 12.2. The maximum Gasteiger partial charge on any atom is 0.126 e. The summed E-state index contributed by atoms with van der Waals surface area (Å²) in [6.45, 7) is 6.86. The fourth-order valence-corrected chi connectivity index (χ4v) is 1.92. The van der Waals surface area contributed by atoms with Gasteiger partial charge in [0.2, 0.25) is 0 Å². The van der Waals surface area contributed by atoms with Gasteiger partial charge in [-0.25, -0.2) is 4.39 Å². The topological polar surface area (TPSA) is 23.5 Å². The first kappa shape index (κ1) is 14.1. The number of aliphatic hydroxyl groups is 1. The van der Waals surface area contributed by atoms with E-state index in [2.05, 4.69) is 4.90 Å². The number of likely N-dealkylation sites (N-methyl/N-ethyl adjacent to an activating group) is 1. The van der Waals surface area contributed by atoms with Gasteiger partial charge in [0.1, 0.15) is 5.82 Å². The molecule has 0 aromatic heterocycles. The third-order valence-electron chi connectivity index (χ3n) is 2.66. The van der Waals surface area contributed by atoms with Crippen LogP contribution >= 0.6 is 0 Å². The lowest BCUT2D eigenvalue weighted by Gasteiger charge is -2.25. The largest absolute Gasteiger partial charge is 0.389 e. The van der Waals surface area contributed by atoms with Crippen molar-refractivity contribution in [3.8, 4) is 0 Å². The Labute approximate surface area is 103 Å². The van der Waals surface area contributed by atoms with Crippen LogP contribution in [0, 0.1) is 12.7 Å². The Morgan fingerprint density at radius 1 is 1.35 bits per heavy atom. The average Bonchev–Trinajstić information content (AvgIpc) is 2.17. The minimum Gasteiger partial charge on any atom is -0.389 e. The molecule has 0 saturated carbocycles.